The fraction of sp³-hybridized carbons (Fsp3) is 1.00. The van der Waals surface area contributed by atoms with E-state index in [4.69, 9.17) is 0 Å². The Hall–Kier alpha value is -0.130. The van der Waals surface area contributed by atoms with E-state index in [0.29, 0.717) is 12.6 Å². The topological polar surface area (TPSA) is 55.4 Å². The van der Waals surface area contributed by atoms with Gasteiger partial charge in [0.2, 0.25) is 0 Å². The van der Waals surface area contributed by atoms with Crippen molar-refractivity contribution < 1.29 is 12.6 Å². The van der Waals surface area contributed by atoms with Crippen molar-refractivity contribution in [2.75, 3.05) is 13.2 Å². The zero-order chi connectivity index (χ0) is 17.9. The van der Waals surface area contributed by atoms with Gasteiger partial charge in [0.25, 0.3) is 11.0 Å². The lowest BCUT2D eigenvalue weighted by Gasteiger charge is -2.16. The van der Waals surface area contributed by atoms with Crippen molar-refractivity contribution in [2.24, 2.45) is 0 Å². The van der Waals surface area contributed by atoms with Gasteiger partial charge in [0.15, 0.2) is 0 Å². The number of unbranched alkanes of at least 4 members (excludes halogenated alkanes) is 11. The molecule has 0 aliphatic heterocycles. The van der Waals surface area contributed by atoms with Crippen LogP contribution >= 0.6 is 0 Å². The van der Waals surface area contributed by atoms with Gasteiger partial charge in [-0.3, -0.25) is 4.18 Å². The molecule has 0 aromatic heterocycles. The summed E-state index contributed by atoms with van der Waals surface area (Å²) in [5, 5.41) is 3.37. The average molecular weight is 364 g/mol. The van der Waals surface area contributed by atoms with Crippen molar-refractivity contribution in [1.29, 1.82) is 0 Å². The molecule has 0 saturated carbocycles. The Morgan fingerprint density at radius 3 is 1.75 bits per heavy atom. The molecule has 0 rings (SSSR count). The van der Waals surface area contributed by atoms with Gasteiger partial charge in [0.05, 0.1) is 6.61 Å². The summed E-state index contributed by atoms with van der Waals surface area (Å²) in [6.07, 6.45) is 18.8. The second-order valence-electron chi connectivity index (χ2n) is 6.79. The highest BCUT2D eigenvalue weighted by Crippen LogP contribution is 2.13. The maximum Gasteiger partial charge on any atom is 0.257 e. The summed E-state index contributed by atoms with van der Waals surface area (Å²) in [7, 11) is -2.70. The van der Waals surface area contributed by atoms with E-state index in [0.717, 1.165) is 6.42 Å². The summed E-state index contributed by atoms with van der Waals surface area (Å²) in [4.78, 5) is 0. The number of rotatable bonds is 19. The molecule has 0 heterocycles. The standard InChI is InChI=1S/C19H41NO3S/c1-3-5-6-7-8-9-10-11-12-13-14-15-16-19(4-2)20-17-18-23-24(21)22/h19-20,24H,3-18H2,1-2H3. The monoisotopic (exact) mass is 363 g/mol. The van der Waals surface area contributed by atoms with Crippen LogP contribution in [0.5, 0.6) is 0 Å². The van der Waals surface area contributed by atoms with Gasteiger partial charge in [0.1, 0.15) is 0 Å². The van der Waals surface area contributed by atoms with Gasteiger partial charge in [-0.05, 0) is 12.8 Å². The Bertz CT molecular complexity index is 314. The molecular weight excluding hydrogens is 322 g/mol. The minimum atomic E-state index is -2.70. The van der Waals surface area contributed by atoms with Crippen LogP contribution in [-0.2, 0) is 15.2 Å². The van der Waals surface area contributed by atoms with Crippen LogP contribution in [0.4, 0.5) is 0 Å². The molecule has 0 saturated heterocycles. The second-order valence-corrected chi connectivity index (χ2v) is 7.50. The fourth-order valence-corrected chi connectivity index (χ4v) is 3.31. The van der Waals surface area contributed by atoms with Crippen molar-refractivity contribution in [3.8, 4) is 0 Å². The predicted octanol–water partition coefficient (Wildman–Crippen LogP) is 4.99. The van der Waals surface area contributed by atoms with E-state index in [2.05, 4.69) is 23.3 Å². The zero-order valence-electron chi connectivity index (χ0n) is 16.1. The van der Waals surface area contributed by atoms with E-state index in [1.165, 1.54) is 83.5 Å². The molecular formula is C19H41NO3S. The van der Waals surface area contributed by atoms with Crippen LogP contribution in [0.15, 0.2) is 0 Å². The lowest BCUT2D eigenvalue weighted by atomic mass is 10.0. The molecule has 1 N–H and O–H groups in total. The third kappa shape index (κ3) is 18.2. The SMILES string of the molecule is CCCCCCCCCCCCCCC(CC)NCCO[SH](=O)=O. The molecule has 0 aliphatic rings. The maximum absolute atomic E-state index is 10.3. The normalized spacial score (nSPS) is 12.8. The highest BCUT2D eigenvalue weighted by molar-refractivity contribution is 7.67. The van der Waals surface area contributed by atoms with E-state index < -0.39 is 11.0 Å². The van der Waals surface area contributed by atoms with Crippen LogP contribution in [-0.4, -0.2) is 27.6 Å². The third-order valence-electron chi connectivity index (χ3n) is 4.63. The Kier molecular flexibility index (Phi) is 19.1. The van der Waals surface area contributed by atoms with Gasteiger partial charge < -0.3 is 5.32 Å². The van der Waals surface area contributed by atoms with Gasteiger partial charge in [-0.1, -0.05) is 90.9 Å². The summed E-state index contributed by atoms with van der Waals surface area (Å²) in [5.41, 5.74) is 0. The Balaban J connectivity index is 3.28. The van der Waals surface area contributed by atoms with Gasteiger partial charge in [0, 0.05) is 12.6 Å². The minimum absolute atomic E-state index is 0.244. The van der Waals surface area contributed by atoms with E-state index in [-0.39, 0.29) is 6.61 Å². The Morgan fingerprint density at radius 1 is 0.792 bits per heavy atom. The molecule has 24 heavy (non-hydrogen) atoms. The molecule has 1 unspecified atom stereocenters. The van der Waals surface area contributed by atoms with Crippen LogP contribution in [0, 0.1) is 0 Å². The van der Waals surface area contributed by atoms with Crippen molar-refractivity contribution in [1.82, 2.24) is 5.32 Å². The highest BCUT2D eigenvalue weighted by Gasteiger charge is 2.04. The van der Waals surface area contributed by atoms with E-state index in [1.54, 1.807) is 0 Å². The maximum atomic E-state index is 10.3. The number of nitrogens with one attached hydrogen (secondary N) is 1. The lowest BCUT2D eigenvalue weighted by molar-refractivity contribution is 0.313. The second kappa shape index (κ2) is 19.2. The fourth-order valence-electron chi connectivity index (χ4n) is 3.07. The zero-order valence-corrected chi connectivity index (χ0v) is 17.0. The number of hydrogen-bond donors (Lipinski definition) is 2. The average Bonchev–Trinajstić information content (AvgIpc) is 2.57. The third-order valence-corrected chi connectivity index (χ3v) is 5.02. The van der Waals surface area contributed by atoms with Gasteiger partial charge in [-0.25, -0.2) is 8.42 Å². The summed E-state index contributed by atoms with van der Waals surface area (Å²) in [6.45, 7) is 5.30. The molecule has 0 amide bonds. The molecule has 0 spiro atoms. The predicted molar refractivity (Wildman–Crippen MR) is 104 cm³/mol. The molecule has 1 atom stereocenters. The van der Waals surface area contributed by atoms with Crippen LogP contribution in [0.25, 0.3) is 0 Å². The minimum Gasteiger partial charge on any atom is -0.312 e. The van der Waals surface area contributed by atoms with E-state index in [9.17, 15) is 8.42 Å². The summed E-state index contributed by atoms with van der Waals surface area (Å²) in [5.74, 6) is 0. The van der Waals surface area contributed by atoms with Crippen molar-refractivity contribution >= 4 is 11.0 Å². The van der Waals surface area contributed by atoms with Crippen LogP contribution in [0.3, 0.4) is 0 Å². The molecule has 0 fully saturated rings. The van der Waals surface area contributed by atoms with E-state index in [1.807, 2.05) is 0 Å². The molecule has 0 radical (unpaired) electrons. The van der Waals surface area contributed by atoms with Crippen molar-refractivity contribution in [2.45, 2.75) is 110 Å². The summed E-state index contributed by atoms with van der Waals surface area (Å²) in [6, 6.07) is 0.487. The summed E-state index contributed by atoms with van der Waals surface area (Å²) < 4.78 is 25.1. The van der Waals surface area contributed by atoms with Crippen LogP contribution in [0.1, 0.15) is 104 Å². The Morgan fingerprint density at radius 2 is 1.29 bits per heavy atom. The molecule has 0 aliphatic carbocycles. The van der Waals surface area contributed by atoms with Gasteiger partial charge >= 0.3 is 0 Å². The number of thiol groups is 1. The van der Waals surface area contributed by atoms with Gasteiger partial charge in [-0.2, -0.15) is 0 Å². The first-order valence-electron chi connectivity index (χ1n) is 10.2. The van der Waals surface area contributed by atoms with Crippen LogP contribution in [0.2, 0.25) is 0 Å². The molecule has 4 nitrogen and oxygen atoms in total. The van der Waals surface area contributed by atoms with E-state index >= 15 is 0 Å². The van der Waals surface area contributed by atoms with Gasteiger partial charge in [-0.15, -0.1) is 0 Å². The molecule has 0 aromatic carbocycles. The number of hydrogen-bond acceptors (Lipinski definition) is 4. The first kappa shape index (κ1) is 23.9. The molecule has 0 bridgehead atoms. The van der Waals surface area contributed by atoms with Crippen LogP contribution < -0.4 is 5.32 Å². The summed E-state index contributed by atoms with van der Waals surface area (Å²) >= 11 is 0. The smallest absolute Gasteiger partial charge is 0.257 e. The highest BCUT2D eigenvalue weighted by atomic mass is 32.2. The molecule has 146 valence electrons. The first-order valence-corrected chi connectivity index (χ1v) is 11.3. The molecule has 0 aromatic rings. The first-order chi connectivity index (χ1) is 11.7. The molecule has 5 heteroatoms. The van der Waals surface area contributed by atoms with Crippen molar-refractivity contribution in [3.63, 3.8) is 0 Å². The van der Waals surface area contributed by atoms with Crippen molar-refractivity contribution in [3.05, 3.63) is 0 Å². The Labute approximate surface area is 152 Å². The lowest BCUT2D eigenvalue weighted by Crippen LogP contribution is -2.31. The largest absolute Gasteiger partial charge is 0.312 e. The quantitative estimate of drug-likeness (QED) is 0.251.